The molecule has 0 spiro atoms. The minimum absolute atomic E-state index is 0.00345. The van der Waals surface area contributed by atoms with Crippen molar-refractivity contribution in [2.24, 2.45) is 0 Å². The highest BCUT2D eigenvalue weighted by atomic mass is 127. The van der Waals surface area contributed by atoms with Gasteiger partial charge in [0.05, 0.1) is 4.92 Å². The average molecular weight is 574 g/mol. The summed E-state index contributed by atoms with van der Waals surface area (Å²) < 4.78 is 6.76. The van der Waals surface area contributed by atoms with Gasteiger partial charge in [-0.3, -0.25) is 15.0 Å². The maximum atomic E-state index is 13.2. The standard InChI is InChI=1S/C24H17ClIN3O4/c25-15-3-8-18(9-4-15)33-24(30)28-12-11-19-20-13-16(26)5-10-21(20)27-22(19)23(28)14-1-6-17(7-2-14)29(31)32/h1-10,13,23,27H,11-12H2. The first-order chi connectivity index (χ1) is 15.9. The van der Waals surface area contributed by atoms with Crippen molar-refractivity contribution >= 4 is 56.9 Å². The Morgan fingerprint density at radius 3 is 2.55 bits per heavy atom. The predicted molar refractivity (Wildman–Crippen MR) is 134 cm³/mol. The Hall–Kier alpha value is -3.11. The Morgan fingerprint density at radius 1 is 1.12 bits per heavy atom. The van der Waals surface area contributed by atoms with Crippen LogP contribution in [-0.4, -0.2) is 27.4 Å². The molecule has 0 aliphatic carbocycles. The summed E-state index contributed by atoms with van der Waals surface area (Å²) in [6.07, 6.45) is 0.161. The second-order valence-corrected chi connectivity index (χ2v) is 9.41. The van der Waals surface area contributed by atoms with Crippen LogP contribution in [0.25, 0.3) is 10.9 Å². The summed E-state index contributed by atoms with van der Waals surface area (Å²) in [7, 11) is 0. The molecule has 33 heavy (non-hydrogen) atoms. The second kappa shape index (κ2) is 8.68. The molecule has 0 fully saturated rings. The van der Waals surface area contributed by atoms with E-state index in [9.17, 15) is 14.9 Å². The predicted octanol–water partition coefficient (Wildman–Crippen LogP) is 6.48. The van der Waals surface area contributed by atoms with E-state index >= 15 is 0 Å². The molecule has 1 N–H and O–H groups in total. The Kier molecular flexibility index (Phi) is 5.71. The lowest BCUT2D eigenvalue weighted by Gasteiger charge is -2.35. The van der Waals surface area contributed by atoms with Gasteiger partial charge in [0.1, 0.15) is 11.8 Å². The first-order valence-electron chi connectivity index (χ1n) is 10.2. The lowest BCUT2D eigenvalue weighted by atomic mass is 9.92. The van der Waals surface area contributed by atoms with Crippen LogP contribution in [0.1, 0.15) is 22.9 Å². The van der Waals surface area contributed by atoms with Gasteiger partial charge in [0.25, 0.3) is 5.69 Å². The molecule has 166 valence electrons. The lowest BCUT2D eigenvalue weighted by Crippen LogP contribution is -2.42. The number of hydrogen-bond donors (Lipinski definition) is 1. The van der Waals surface area contributed by atoms with E-state index in [-0.39, 0.29) is 5.69 Å². The topological polar surface area (TPSA) is 88.5 Å². The highest BCUT2D eigenvalue weighted by Gasteiger charge is 2.36. The number of nitrogens with zero attached hydrogens (tertiary/aromatic N) is 2. The molecule has 5 rings (SSSR count). The van der Waals surface area contributed by atoms with E-state index in [1.807, 2.05) is 12.1 Å². The molecule has 0 radical (unpaired) electrons. The van der Waals surface area contributed by atoms with Crippen molar-refractivity contribution in [3.05, 3.63) is 102 Å². The summed E-state index contributed by atoms with van der Waals surface area (Å²) in [6.45, 7) is 0.444. The number of ether oxygens (including phenoxy) is 1. The first kappa shape index (κ1) is 21.7. The van der Waals surface area contributed by atoms with Gasteiger partial charge < -0.3 is 9.72 Å². The highest BCUT2D eigenvalue weighted by Crippen LogP contribution is 2.39. The van der Waals surface area contributed by atoms with Crippen molar-refractivity contribution in [1.29, 1.82) is 0 Å². The molecular weight excluding hydrogens is 557 g/mol. The van der Waals surface area contributed by atoms with Gasteiger partial charge in [-0.25, -0.2) is 4.79 Å². The fraction of sp³-hybridized carbons (Fsp3) is 0.125. The van der Waals surface area contributed by atoms with Crippen molar-refractivity contribution in [2.75, 3.05) is 6.54 Å². The number of non-ortho nitro benzene ring substituents is 1. The number of fused-ring (bicyclic) bond motifs is 3. The molecule has 3 aromatic carbocycles. The van der Waals surface area contributed by atoms with Crippen molar-refractivity contribution in [3.8, 4) is 5.75 Å². The van der Waals surface area contributed by atoms with E-state index < -0.39 is 17.1 Å². The van der Waals surface area contributed by atoms with E-state index in [1.165, 1.54) is 12.1 Å². The number of H-pyrrole nitrogens is 1. The molecule has 1 aliphatic heterocycles. The number of carbonyl (C=O) groups is 1. The summed E-state index contributed by atoms with van der Waals surface area (Å²) in [6, 6.07) is 18.6. The molecule has 1 unspecified atom stereocenters. The zero-order valence-corrected chi connectivity index (χ0v) is 20.0. The smallest absolute Gasteiger partial charge is 0.410 e. The van der Waals surface area contributed by atoms with Crippen LogP contribution in [0.3, 0.4) is 0 Å². The minimum atomic E-state index is -0.500. The number of amides is 1. The normalized spacial score (nSPS) is 15.3. The van der Waals surface area contributed by atoms with Gasteiger partial charge in [-0.15, -0.1) is 0 Å². The molecule has 0 bridgehead atoms. The maximum absolute atomic E-state index is 13.2. The van der Waals surface area contributed by atoms with Gasteiger partial charge in [-0.2, -0.15) is 0 Å². The summed E-state index contributed by atoms with van der Waals surface area (Å²) in [5.41, 5.74) is 3.77. The van der Waals surface area contributed by atoms with Gasteiger partial charge in [-0.1, -0.05) is 11.6 Å². The van der Waals surface area contributed by atoms with Gasteiger partial charge in [0.15, 0.2) is 0 Å². The molecule has 2 heterocycles. The number of nitrogens with one attached hydrogen (secondary N) is 1. The quantitative estimate of drug-likeness (QED) is 0.173. The number of carbonyl (C=O) groups excluding carboxylic acids is 1. The summed E-state index contributed by atoms with van der Waals surface area (Å²) in [5.74, 6) is 0.392. The van der Waals surface area contributed by atoms with Crippen molar-refractivity contribution in [2.45, 2.75) is 12.5 Å². The summed E-state index contributed by atoms with van der Waals surface area (Å²) >= 11 is 8.22. The van der Waals surface area contributed by atoms with E-state index in [2.05, 4.69) is 33.6 Å². The third-order valence-corrected chi connectivity index (χ3v) is 6.68. The Balaban J connectivity index is 1.58. The molecule has 0 saturated carbocycles. The lowest BCUT2D eigenvalue weighted by molar-refractivity contribution is -0.384. The van der Waals surface area contributed by atoms with Crippen LogP contribution >= 0.6 is 34.2 Å². The van der Waals surface area contributed by atoms with E-state index in [0.717, 1.165) is 31.3 Å². The number of benzene rings is 3. The number of halogens is 2. The third-order valence-electron chi connectivity index (χ3n) is 5.76. The fourth-order valence-electron chi connectivity index (χ4n) is 4.24. The third kappa shape index (κ3) is 4.16. The summed E-state index contributed by atoms with van der Waals surface area (Å²) in [5, 5.41) is 12.8. The number of nitro groups is 1. The number of aromatic amines is 1. The Morgan fingerprint density at radius 2 is 1.85 bits per heavy atom. The van der Waals surface area contributed by atoms with E-state index in [4.69, 9.17) is 16.3 Å². The van der Waals surface area contributed by atoms with Gasteiger partial charge in [0.2, 0.25) is 0 Å². The van der Waals surface area contributed by atoms with Crippen LogP contribution in [0.2, 0.25) is 5.02 Å². The fourth-order valence-corrected chi connectivity index (χ4v) is 4.86. The summed E-state index contributed by atoms with van der Waals surface area (Å²) in [4.78, 5) is 29.1. The van der Waals surface area contributed by atoms with Crippen LogP contribution in [0.5, 0.6) is 5.75 Å². The number of rotatable bonds is 3. The largest absolute Gasteiger partial charge is 0.416 e. The first-order valence-corrected chi connectivity index (χ1v) is 11.6. The molecule has 1 atom stereocenters. The zero-order valence-electron chi connectivity index (χ0n) is 17.1. The molecule has 1 amide bonds. The van der Waals surface area contributed by atoms with E-state index in [0.29, 0.717) is 23.7 Å². The van der Waals surface area contributed by atoms with E-state index in [1.54, 1.807) is 41.3 Å². The monoisotopic (exact) mass is 573 g/mol. The van der Waals surface area contributed by atoms with Crippen LogP contribution < -0.4 is 4.74 Å². The van der Waals surface area contributed by atoms with Crippen molar-refractivity contribution in [1.82, 2.24) is 9.88 Å². The van der Waals surface area contributed by atoms with Gasteiger partial charge in [-0.05, 0) is 94.7 Å². The van der Waals surface area contributed by atoms with Gasteiger partial charge in [0, 0.05) is 43.9 Å². The molecule has 1 aromatic heterocycles. The Labute approximate surface area is 207 Å². The van der Waals surface area contributed by atoms with Crippen LogP contribution in [0.4, 0.5) is 10.5 Å². The SMILES string of the molecule is O=C(Oc1ccc(Cl)cc1)N1CCc2c([nH]c3ccc(I)cc23)C1c1ccc([N+](=O)[O-])cc1. The molecule has 9 heteroatoms. The van der Waals surface area contributed by atoms with Crippen LogP contribution in [0.15, 0.2) is 66.7 Å². The zero-order chi connectivity index (χ0) is 23.1. The van der Waals surface area contributed by atoms with Crippen LogP contribution in [-0.2, 0) is 6.42 Å². The number of hydrogen-bond acceptors (Lipinski definition) is 4. The number of aromatic nitrogens is 1. The molecule has 4 aromatic rings. The second-order valence-electron chi connectivity index (χ2n) is 7.72. The molecule has 7 nitrogen and oxygen atoms in total. The molecule has 1 aliphatic rings. The molecule has 0 saturated heterocycles. The van der Waals surface area contributed by atoms with Crippen molar-refractivity contribution < 1.29 is 14.5 Å². The average Bonchev–Trinajstić information content (AvgIpc) is 3.17. The number of nitro benzene ring substituents is 1. The van der Waals surface area contributed by atoms with Gasteiger partial charge >= 0.3 is 6.09 Å². The minimum Gasteiger partial charge on any atom is -0.410 e. The highest BCUT2D eigenvalue weighted by molar-refractivity contribution is 14.1. The Bertz CT molecular complexity index is 1370. The van der Waals surface area contributed by atoms with Crippen LogP contribution in [0, 0.1) is 13.7 Å². The van der Waals surface area contributed by atoms with Crippen molar-refractivity contribution in [3.63, 3.8) is 0 Å². The molecular formula is C24H17ClIN3O4. The maximum Gasteiger partial charge on any atom is 0.416 e.